The van der Waals surface area contributed by atoms with Gasteiger partial charge in [-0.2, -0.15) is 0 Å². The van der Waals surface area contributed by atoms with Crippen molar-refractivity contribution in [3.05, 3.63) is 6.92 Å². The summed E-state index contributed by atoms with van der Waals surface area (Å²) in [4.78, 5) is 0. The van der Waals surface area contributed by atoms with Crippen molar-refractivity contribution in [2.45, 2.75) is 19.8 Å². The van der Waals surface area contributed by atoms with Gasteiger partial charge >= 0.3 is 0 Å². The first-order valence-corrected chi connectivity index (χ1v) is 2.68. The number of rotatable bonds is 3. The zero-order valence-electron chi connectivity index (χ0n) is 4.81. The molecule has 7 heavy (non-hydrogen) atoms. The molecule has 0 aromatic rings. The normalized spacial score (nSPS) is 10.3. The molecule has 1 nitrogen and oxygen atoms in total. The van der Waals surface area contributed by atoms with Crippen molar-refractivity contribution in [1.29, 1.82) is 0 Å². The van der Waals surface area contributed by atoms with Gasteiger partial charge in [0.2, 0.25) is 0 Å². The highest BCUT2D eigenvalue weighted by Crippen LogP contribution is 2.00. The molecular formula is C6H12O. The lowest BCUT2D eigenvalue weighted by Crippen LogP contribution is -1.88. The van der Waals surface area contributed by atoms with E-state index in [4.69, 9.17) is 0 Å². The first kappa shape index (κ1) is 6.96. The Morgan fingerprint density at radius 1 is 1.71 bits per heavy atom. The Morgan fingerprint density at radius 2 is 2.29 bits per heavy atom. The summed E-state index contributed by atoms with van der Waals surface area (Å²) >= 11 is 0. The second-order valence-electron chi connectivity index (χ2n) is 1.95. The smallest absolute Gasteiger partial charge is 0.0822 e. The van der Waals surface area contributed by atoms with Crippen LogP contribution < -0.4 is 0 Å². The van der Waals surface area contributed by atoms with Gasteiger partial charge in [-0.25, -0.2) is 5.11 Å². The van der Waals surface area contributed by atoms with Gasteiger partial charge in [0, 0.05) is 0 Å². The molecule has 0 aromatic carbocycles. The molecule has 42 valence electrons. The van der Waals surface area contributed by atoms with Gasteiger partial charge < -0.3 is 0 Å². The van der Waals surface area contributed by atoms with Crippen molar-refractivity contribution in [3.8, 4) is 0 Å². The van der Waals surface area contributed by atoms with Crippen molar-refractivity contribution in [1.82, 2.24) is 0 Å². The van der Waals surface area contributed by atoms with Crippen LogP contribution in [-0.2, 0) is 5.11 Å². The summed E-state index contributed by atoms with van der Waals surface area (Å²) in [6.45, 7) is 5.82. The molecule has 0 aliphatic rings. The van der Waals surface area contributed by atoms with Crippen LogP contribution in [0.2, 0.25) is 0 Å². The van der Waals surface area contributed by atoms with Crippen LogP contribution in [0.25, 0.3) is 0 Å². The lowest BCUT2D eigenvalue weighted by Gasteiger charge is -1.97. The minimum atomic E-state index is 0.0554. The van der Waals surface area contributed by atoms with Crippen LogP contribution in [0.5, 0.6) is 0 Å². The lowest BCUT2D eigenvalue weighted by molar-refractivity contribution is 0.183. The maximum atomic E-state index is 9.81. The minimum absolute atomic E-state index is 0.0554. The average Bonchev–Trinajstić information content (AvgIpc) is 1.61. The molecule has 2 radical (unpaired) electrons. The minimum Gasteiger partial charge on any atom is -0.237 e. The van der Waals surface area contributed by atoms with Crippen LogP contribution in [0.3, 0.4) is 0 Å². The lowest BCUT2D eigenvalue weighted by atomic mass is 10.1. The standard InChI is InChI=1S/C6H12O/c1-6(2)4-3-5-7/h6H,1,3-5H2,2H3. The molecule has 0 spiro atoms. The molecule has 0 saturated heterocycles. The maximum absolute atomic E-state index is 9.81. The molecular weight excluding hydrogens is 88.1 g/mol. The van der Waals surface area contributed by atoms with E-state index in [1.807, 2.05) is 6.92 Å². The Bertz CT molecular complexity index is 33.2. The molecule has 1 unspecified atom stereocenters. The Kier molecular flexibility index (Phi) is 4.10. The van der Waals surface area contributed by atoms with Crippen molar-refractivity contribution in [2.75, 3.05) is 6.61 Å². The molecule has 0 aromatic heterocycles. The first-order valence-electron chi connectivity index (χ1n) is 2.68. The highest BCUT2D eigenvalue weighted by molar-refractivity contribution is 4.51. The van der Waals surface area contributed by atoms with Crippen LogP contribution in [0.1, 0.15) is 19.8 Å². The van der Waals surface area contributed by atoms with Crippen molar-refractivity contribution in [3.63, 3.8) is 0 Å². The summed E-state index contributed by atoms with van der Waals surface area (Å²) in [7, 11) is 0. The largest absolute Gasteiger partial charge is 0.237 e. The Morgan fingerprint density at radius 3 is 2.43 bits per heavy atom. The summed E-state index contributed by atoms with van der Waals surface area (Å²) in [5.41, 5.74) is 0. The molecule has 1 atom stereocenters. The summed E-state index contributed by atoms with van der Waals surface area (Å²) in [6.07, 6.45) is 1.76. The van der Waals surface area contributed by atoms with Gasteiger partial charge in [-0.15, -0.1) is 0 Å². The average molecular weight is 100 g/mol. The molecule has 0 N–H and O–H groups in total. The van der Waals surface area contributed by atoms with Crippen LogP contribution >= 0.6 is 0 Å². The summed E-state index contributed by atoms with van der Waals surface area (Å²) in [6, 6.07) is 0. The molecule has 0 rings (SSSR count). The van der Waals surface area contributed by atoms with Crippen molar-refractivity contribution in [2.24, 2.45) is 5.92 Å². The van der Waals surface area contributed by atoms with Gasteiger partial charge in [0.1, 0.15) is 0 Å². The van der Waals surface area contributed by atoms with E-state index in [1.165, 1.54) is 0 Å². The second kappa shape index (κ2) is 4.13. The molecule has 0 heterocycles. The summed E-state index contributed by atoms with van der Waals surface area (Å²) in [5.74, 6) is 0.453. The number of hydrogen-bond acceptors (Lipinski definition) is 0. The van der Waals surface area contributed by atoms with E-state index in [0.717, 1.165) is 12.8 Å². The van der Waals surface area contributed by atoms with Crippen molar-refractivity contribution < 1.29 is 5.11 Å². The second-order valence-corrected chi connectivity index (χ2v) is 1.95. The quantitative estimate of drug-likeness (QED) is 0.514. The van der Waals surface area contributed by atoms with Gasteiger partial charge in [0.05, 0.1) is 6.61 Å². The molecule has 0 aliphatic heterocycles. The van der Waals surface area contributed by atoms with E-state index in [1.54, 1.807) is 0 Å². The third-order valence-electron chi connectivity index (χ3n) is 0.841. The van der Waals surface area contributed by atoms with E-state index < -0.39 is 0 Å². The van der Waals surface area contributed by atoms with E-state index in [2.05, 4.69) is 6.92 Å². The zero-order chi connectivity index (χ0) is 5.70. The molecule has 0 saturated carbocycles. The van der Waals surface area contributed by atoms with E-state index in [0.29, 0.717) is 5.92 Å². The molecule has 1 heteroatoms. The predicted octanol–water partition coefficient (Wildman–Crippen LogP) is 1.67. The van der Waals surface area contributed by atoms with Crippen LogP contribution in [0, 0.1) is 12.8 Å². The van der Waals surface area contributed by atoms with Crippen LogP contribution in [0.4, 0.5) is 0 Å². The monoisotopic (exact) mass is 100 g/mol. The fraction of sp³-hybridized carbons (Fsp3) is 0.833. The van der Waals surface area contributed by atoms with Gasteiger partial charge in [0.25, 0.3) is 0 Å². The number of hydrogen-bond donors (Lipinski definition) is 0. The highest BCUT2D eigenvalue weighted by atomic mass is 16.2. The topological polar surface area (TPSA) is 19.9 Å². The fourth-order valence-electron chi connectivity index (χ4n) is 0.432. The molecule has 0 amide bonds. The SMILES string of the molecule is [CH2]C(C)CCC[O]. The Hall–Kier alpha value is -0.0400. The van der Waals surface area contributed by atoms with E-state index >= 15 is 0 Å². The van der Waals surface area contributed by atoms with Gasteiger partial charge in [-0.1, -0.05) is 13.8 Å². The summed E-state index contributed by atoms with van der Waals surface area (Å²) < 4.78 is 0. The summed E-state index contributed by atoms with van der Waals surface area (Å²) in [5, 5.41) is 9.81. The molecule has 0 fully saturated rings. The van der Waals surface area contributed by atoms with Crippen LogP contribution in [-0.4, -0.2) is 6.61 Å². The third kappa shape index (κ3) is 5.96. The third-order valence-corrected chi connectivity index (χ3v) is 0.841. The van der Waals surface area contributed by atoms with E-state index in [9.17, 15) is 5.11 Å². The van der Waals surface area contributed by atoms with E-state index in [-0.39, 0.29) is 6.61 Å². The first-order chi connectivity index (χ1) is 3.27. The zero-order valence-corrected chi connectivity index (χ0v) is 4.81. The van der Waals surface area contributed by atoms with Gasteiger partial charge in [0.15, 0.2) is 0 Å². The van der Waals surface area contributed by atoms with Crippen molar-refractivity contribution >= 4 is 0 Å². The maximum Gasteiger partial charge on any atom is 0.0822 e. The van der Waals surface area contributed by atoms with Crippen LogP contribution in [0.15, 0.2) is 0 Å². The fourth-order valence-corrected chi connectivity index (χ4v) is 0.432. The highest BCUT2D eigenvalue weighted by Gasteiger charge is 1.90. The van der Waals surface area contributed by atoms with Gasteiger partial charge in [-0.05, 0) is 18.8 Å². The molecule has 0 bridgehead atoms. The predicted molar refractivity (Wildman–Crippen MR) is 29.3 cm³/mol. The molecule has 0 aliphatic carbocycles. The van der Waals surface area contributed by atoms with Gasteiger partial charge in [-0.3, -0.25) is 0 Å². The Balaban J connectivity index is 2.68. The Labute approximate surface area is 45.4 Å².